The number of β-amino-alcohol motifs (C(OH)–C–C–N with tert-alkyl or cyclic N) is 1. The predicted octanol–water partition coefficient (Wildman–Crippen LogP) is 2.27. The molecule has 2 aromatic carbocycles. The highest BCUT2D eigenvalue weighted by Crippen LogP contribution is 2.26. The minimum absolute atomic E-state index is 0.249. The molecule has 0 aliphatic carbocycles. The number of hydrogen-bond donors (Lipinski definition) is 1. The first-order valence-corrected chi connectivity index (χ1v) is 9.25. The number of para-hydroxylation sites is 2. The monoisotopic (exact) mass is 372 g/mol. The molecule has 1 saturated heterocycles. The molecule has 1 heterocycles. The summed E-state index contributed by atoms with van der Waals surface area (Å²) in [6.07, 6.45) is -0.539. The van der Waals surface area contributed by atoms with Gasteiger partial charge in [-0.1, -0.05) is 12.1 Å². The van der Waals surface area contributed by atoms with E-state index in [0.717, 1.165) is 31.9 Å². The number of aliphatic hydroxyl groups is 1. The van der Waals surface area contributed by atoms with Gasteiger partial charge in [0.15, 0.2) is 11.5 Å². The molecule has 2 aromatic rings. The number of rotatable bonds is 8. The average molecular weight is 372 g/mol. The Morgan fingerprint density at radius 3 is 2.19 bits per heavy atom. The molecule has 6 nitrogen and oxygen atoms in total. The average Bonchev–Trinajstić information content (AvgIpc) is 2.73. The SMILES string of the molecule is COc1ccc(N2CCN(C[C@H](O)COc3ccccc3OC)CC2)cc1. The molecule has 1 fully saturated rings. The van der Waals surface area contributed by atoms with Gasteiger partial charge in [-0.05, 0) is 36.4 Å². The lowest BCUT2D eigenvalue weighted by molar-refractivity contribution is 0.0653. The quantitative estimate of drug-likeness (QED) is 0.767. The lowest BCUT2D eigenvalue weighted by Crippen LogP contribution is -2.49. The minimum atomic E-state index is -0.539. The topological polar surface area (TPSA) is 54.4 Å². The zero-order valence-corrected chi connectivity index (χ0v) is 16.0. The van der Waals surface area contributed by atoms with E-state index in [1.165, 1.54) is 5.69 Å². The maximum Gasteiger partial charge on any atom is 0.161 e. The first kappa shape index (κ1) is 19.3. The summed E-state index contributed by atoms with van der Waals surface area (Å²) < 4.78 is 16.2. The molecule has 0 bridgehead atoms. The van der Waals surface area contributed by atoms with E-state index in [-0.39, 0.29) is 6.61 Å². The van der Waals surface area contributed by atoms with Crippen LogP contribution in [0.5, 0.6) is 17.2 Å². The molecule has 3 rings (SSSR count). The van der Waals surface area contributed by atoms with Crippen molar-refractivity contribution in [3.8, 4) is 17.2 Å². The zero-order valence-electron chi connectivity index (χ0n) is 16.0. The van der Waals surface area contributed by atoms with Gasteiger partial charge in [-0.3, -0.25) is 4.90 Å². The van der Waals surface area contributed by atoms with E-state index in [4.69, 9.17) is 14.2 Å². The first-order chi connectivity index (χ1) is 13.2. The number of piperazine rings is 1. The van der Waals surface area contributed by atoms with E-state index in [1.807, 2.05) is 36.4 Å². The summed E-state index contributed by atoms with van der Waals surface area (Å²) >= 11 is 0. The highest BCUT2D eigenvalue weighted by Gasteiger charge is 2.20. The van der Waals surface area contributed by atoms with E-state index in [1.54, 1.807) is 14.2 Å². The highest BCUT2D eigenvalue weighted by atomic mass is 16.5. The molecule has 146 valence electrons. The molecule has 1 aliphatic heterocycles. The Labute approximate surface area is 160 Å². The van der Waals surface area contributed by atoms with E-state index in [2.05, 4.69) is 21.9 Å². The van der Waals surface area contributed by atoms with Crippen molar-refractivity contribution >= 4 is 5.69 Å². The molecule has 1 atom stereocenters. The number of hydrogen-bond acceptors (Lipinski definition) is 6. The molecule has 0 spiro atoms. The number of benzene rings is 2. The van der Waals surface area contributed by atoms with E-state index in [9.17, 15) is 5.11 Å². The van der Waals surface area contributed by atoms with Gasteiger partial charge in [0.05, 0.1) is 14.2 Å². The number of ether oxygens (including phenoxy) is 3. The van der Waals surface area contributed by atoms with Crippen LogP contribution in [-0.4, -0.2) is 69.7 Å². The number of methoxy groups -OCH3 is 2. The summed E-state index contributed by atoms with van der Waals surface area (Å²) in [5, 5.41) is 10.3. The molecule has 27 heavy (non-hydrogen) atoms. The van der Waals surface area contributed by atoms with Crippen LogP contribution in [0.15, 0.2) is 48.5 Å². The maximum absolute atomic E-state index is 10.3. The molecule has 0 unspecified atom stereocenters. The van der Waals surface area contributed by atoms with Crippen molar-refractivity contribution in [1.29, 1.82) is 0 Å². The Bertz CT molecular complexity index is 700. The second-order valence-electron chi connectivity index (χ2n) is 6.60. The molecule has 0 radical (unpaired) electrons. The van der Waals surface area contributed by atoms with Crippen LogP contribution < -0.4 is 19.1 Å². The predicted molar refractivity (Wildman–Crippen MR) is 106 cm³/mol. The molecule has 6 heteroatoms. The van der Waals surface area contributed by atoms with Gasteiger partial charge in [0.25, 0.3) is 0 Å². The van der Waals surface area contributed by atoms with E-state index < -0.39 is 6.10 Å². The van der Waals surface area contributed by atoms with Crippen LogP contribution in [0.25, 0.3) is 0 Å². The third kappa shape index (κ3) is 5.28. The van der Waals surface area contributed by atoms with Crippen molar-refractivity contribution in [2.75, 3.05) is 58.5 Å². The molecule has 0 aromatic heterocycles. The van der Waals surface area contributed by atoms with Crippen molar-refractivity contribution in [2.45, 2.75) is 6.10 Å². The molecule has 1 aliphatic rings. The third-order valence-corrected chi connectivity index (χ3v) is 4.78. The summed E-state index contributed by atoms with van der Waals surface area (Å²) in [5.41, 5.74) is 1.20. The fourth-order valence-corrected chi connectivity index (χ4v) is 3.26. The van der Waals surface area contributed by atoms with Crippen LogP contribution in [-0.2, 0) is 0 Å². The number of aliphatic hydroxyl groups excluding tert-OH is 1. The van der Waals surface area contributed by atoms with E-state index in [0.29, 0.717) is 18.0 Å². The van der Waals surface area contributed by atoms with Crippen LogP contribution in [0.4, 0.5) is 5.69 Å². The van der Waals surface area contributed by atoms with Crippen LogP contribution >= 0.6 is 0 Å². The van der Waals surface area contributed by atoms with Gasteiger partial charge in [0.2, 0.25) is 0 Å². The van der Waals surface area contributed by atoms with Gasteiger partial charge in [0, 0.05) is 38.4 Å². The maximum atomic E-state index is 10.3. The summed E-state index contributed by atoms with van der Waals surface area (Å²) in [6, 6.07) is 15.6. The van der Waals surface area contributed by atoms with Crippen molar-refractivity contribution in [3.05, 3.63) is 48.5 Å². The Hall–Kier alpha value is -2.44. The second kappa shape index (κ2) is 9.48. The largest absolute Gasteiger partial charge is 0.497 e. The van der Waals surface area contributed by atoms with E-state index >= 15 is 0 Å². The van der Waals surface area contributed by atoms with Gasteiger partial charge < -0.3 is 24.2 Å². The van der Waals surface area contributed by atoms with Crippen LogP contribution in [0.1, 0.15) is 0 Å². The summed E-state index contributed by atoms with van der Waals surface area (Å²) in [4.78, 5) is 4.63. The standard InChI is InChI=1S/C21H28N2O4/c1-25-19-9-7-17(8-10-19)23-13-11-22(12-14-23)15-18(24)16-27-21-6-4-3-5-20(21)26-2/h3-10,18,24H,11-16H2,1-2H3/t18-/m0/s1. The van der Waals surface area contributed by atoms with Crippen molar-refractivity contribution in [2.24, 2.45) is 0 Å². The van der Waals surface area contributed by atoms with Gasteiger partial charge in [-0.15, -0.1) is 0 Å². The van der Waals surface area contributed by atoms with Crippen LogP contribution in [0, 0.1) is 0 Å². The Morgan fingerprint density at radius 1 is 0.889 bits per heavy atom. The fourth-order valence-electron chi connectivity index (χ4n) is 3.26. The highest BCUT2D eigenvalue weighted by molar-refractivity contribution is 5.49. The Morgan fingerprint density at radius 2 is 1.56 bits per heavy atom. The fraction of sp³-hybridized carbons (Fsp3) is 0.429. The summed E-state index contributed by atoms with van der Waals surface area (Å²) in [5.74, 6) is 2.21. The lowest BCUT2D eigenvalue weighted by Gasteiger charge is -2.36. The van der Waals surface area contributed by atoms with Crippen LogP contribution in [0.2, 0.25) is 0 Å². The van der Waals surface area contributed by atoms with Gasteiger partial charge in [-0.2, -0.15) is 0 Å². The summed E-state index contributed by atoms with van der Waals surface area (Å²) in [7, 11) is 3.29. The Balaban J connectivity index is 1.43. The summed E-state index contributed by atoms with van der Waals surface area (Å²) in [6.45, 7) is 4.55. The molecular formula is C21H28N2O4. The normalized spacial score (nSPS) is 16.0. The third-order valence-electron chi connectivity index (χ3n) is 4.78. The van der Waals surface area contributed by atoms with Gasteiger partial charge >= 0.3 is 0 Å². The van der Waals surface area contributed by atoms with Gasteiger partial charge in [-0.25, -0.2) is 0 Å². The van der Waals surface area contributed by atoms with Gasteiger partial charge in [0.1, 0.15) is 18.5 Å². The second-order valence-corrected chi connectivity index (χ2v) is 6.60. The molecule has 0 amide bonds. The smallest absolute Gasteiger partial charge is 0.161 e. The molecular weight excluding hydrogens is 344 g/mol. The van der Waals surface area contributed by atoms with Crippen LogP contribution in [0.3, 0.4) is 0 Å². The minimum Gasteiger partial charge on any atom is -0.497 e. The Kier molecular flexibility index (Phi) is 6.79. The zero-order chi connectivity index (χ0) is 19.1. The molecule has 0 saturated carbocycles. The van der Waals surface area contributed by atoms with Crippen molar-refractivity contribution < 1.29 is 19.3 Å². The molecule has 1 N–H and O–H groups in total. The number of nitrogens with zero attached hydrogens (tertiary/aromatic N) is 2. The van der Waals surface area contributed by atoms with Crippen molar-refractivity contribution in [3.63, 3.8) is 0 Å². The lowest BCUT2D eigenvalue weighted by atomic mass is 10.2. The first-order valence-electron chi connectivity index (χ1n) is 9.25. The van der Waals surface area contributed by atoms with Crippen molar-refractivity contribution in [1.82, 2.24) is 4.90 Å². The number of anilines is 1.